The molecule has 27 heavy (non-hydrogen) atoms. The molecule has 0 aliphatic carbocycles. The van der Waals surface area contributed by atoms with E-state index in [0.29, 0.717) is 25.3 Å². The monoisotopic (exact) mass is 368 g/mol. The third-order valence-electron chi connectivity index (χ3n) is 4.51. The second-order valence-corrected chi connectivity index (χ2v) is 6.66. The molecule has 1 aliphatic rings. The van der Waals surface area contributed by atoms with Gasteiger partial charge < -0.3 is 15.2 Å². The number of aliphatic carboxylic acids is 1. The Morgan fingerprint density at radius 3 is 2.67 bits per heavy atom. The van der Waals surface area contributed by atoms with Crippen LogP contribution in [-0.2, 0) is 27.3 Å². The van der Waals surface area contributed by atoms with Gasteiger partial charge in [0.2, 0.25) is 0 Å². The van der Waals surface area contributed by atoms with Gasteiger partial charge in [-0.15, -0.1) is 0 Å². The summed E-state index contributed by atoms with van der Waals surface area (Å²) < 4.78 is 5.66. The van der Waals surface area contributed by atoms with Gasteiger partial charge >= 0.3 is 5.97 Å². The standard InChI is InChI=1S/C21H24N2O4/c24-20(25)10-9-16-7-4-8-18(13-16)22-21(26)19-15-23(11-12-27-19)14-17-5-2-1-3-6-17/h1-8,13,19H,9-12,14-15H2,(H,22,26)(H,24,25). The molecule has 6 nitrogen and oxygen atoms in total. The Kier molecular flexibility index (Phi) is 6.57. The van der Waals surface area contributed by atoms with Crippen LogP contribution in [0.2, 0.25) is 0 Å². The highest BCUT2D eigenvalue weighted by Gasteiger charge is 2.26. The molecule has 0 spiro atoms. The van der Waals surface area contributed by atoms with Crippen LogP contribution >= 0.6 is 0 Å². The zero-order chi connectivity index (χ0) is 19.1. The summed E-state index contributed by atoms with van der Waals surface area (Å²) in [6.07, 6.45) is -0.0216. The molecule has 3 rings (SSSR count). The molecule has 142 valence electrons. The van der Waals surface area contributed by atoms with Gasteiger partial charge in [-0.3, -0.25) is 14.5 Å². The zero-order valence-electron chi connectivity index (χ0n) is 15.1. The van der Waals surface area contributed by atoms with Crippen molar-refractivity contribution in [3.8, 4) is 0 Å². The average Bonchev–Trinajstić information content (AvgIpc) is 2.68. The van der Waals surface area contributed by atoms with Crippen molar-refractivity contribution in [2.75, 3.05) is 25.0 Å². The molecule has 1 saturated heterocycles. The minimum Gasteiger partial charge on any atom is -0.481 e. The predicted octanol–water partition coefficient (Wildman–Crippen LogP) is 2.54. The molecule has 0 bridgehead atoms. The lowest BCUT2D eigenvalue weighted by atomic mass is 10.1. The minimum atomic E-state index is -0.835. The fourth-order valence-corrected chi connectivity index (χ4v) is 3.13. The first kappa shape index (κ1) is 19.1. The predicted molar refractivity (Wildman–Crippen MR) is 102 cm³/mol. The maximum Gasteiger partial charge on any atom is 0.303 e. The molecule has 2 aromatic carbocycles. The Morgan fingerprint density at radius 2 is 1.89 bits per heavy atom. The third kappa shape index (κ3) is 5.91. The molecule has 6 heteroatoms. The van der Waals surface area contributed by atoms with Crippen molar-refractivity contribution >= 4 is 17.6 Å². The number of hydrogen-bond donors (Lipinski definition) is 2. The topological polar surface area (TPSA) is 78.9 Å². The van der Waals surface area contributed by atoms with Crippen LogP contribution in [0.5, 0.6) is 0 Å². The normalized spacial score (nSPS) is 17.4. The number of aryl methyl sites for hydroxylation is 1. The van der Waals surface area contributed by atoms with Gasteiger partial charge in [0, 0.05) is 31.7 Å². The van der Waals surface area contributed by atoms with Gasteiger partial charge in [-0.2, -0.15) is 0 Å². The summed E-state index contributed by atoms with van der Waals surface area (Å²) in [6, 6.07) is 17.4. The van der Waals surface area contributed by atoms with Crippen LogP contribution in [0.4, 0.5) is 5.69 Å². The van der Waals surface area contributed by atoms with Crippen molar-refractivity contribution in [3.63, 3.8) is 0 Å². The fraction of sp³-hybridized carbons (Fsp3) is 0.333. The quantitative estimate of drug-likeness (QED) is 0.785. The van der Waals surface area contributed by atoms with Crippen molar-refractivity contribution in [1.82, 2.24) is 4.90 Å². The van der Waals surface area contributed by atoms with Gasteiger partial charge in [0.25, 0.3) is 5.91 Å². The van der Waals surface area contributed by atoms with Crippen molar-refractivity contribution in [1.29, 1.82) is 0 Å². The van der Waals surface area contributed by atoms with Crippen LogP contribution in [0.3, 0.4) is 0 Å². The number of morpholine rings is 1. The molecule has 1 atom stereocenters. The van der Waals surface area contributed by atoms with Gasteiger partial charge in [-0.05, 0) is 29.7 Å². The highest BCUT2D eigenvalue weighted by Crippen LogP contribution is 2.15. The van der Waals surface area contributed by atoms with E-state index in [1.807, 2.05) is 36.4 Å². The number of rotatable bonds is 7. The smallest absolute Gasteiger partial charge is 0.303 e. The number of ether oxygens (including phenoxy) is 1. The number of amides is 1. The number of hydrogen-bond acceptors (Lipinski definition) is 4. The van der Waals surface area contributed by atoms with E-state index in [1.54, 1.807) is 6.07 Å². The minimum absolute atomic E-state index is 0.0670. The van der Waals surface area contributed by atoms with E-state index in [-0.39, 0.29) is 12.3 Å². The molecule has 0 saturated carbocycles. The maximum absolute atomic E-state index is 12.6. The molecule has 1 unspecified atom stereocenters. The molecule has 1 amide bonds. The summed E-state index contributed by atoms with van der Waals surface area (Å²) in [6.45, 7) is 2.64. The number of carboxylic acids is 1. The van der Waals surface area contributed by atoms with Crippen LogP contribution in [0, 0.1) is 0 Å². The molecule has 1 aliphatic heterocycles. The van der Waals surface area contributed by atoms with Crippen molar-refractivity contribution in [3.05, 3.63) is 65.7 Å². The Hall–Kier alpha value is -2.70. The Balaban J connectivity index is 1.55. The van der Waals surface area contributed by atoms with Gasteiger partial charge in [0.1, 0.15) is 6.10 Å². The number of benzene rings is 2. The van der Waals surface area contributed by atoms with Crippen LogP contribution in [0.25, 0.3) is 0 Å². The van der Waals surface area contributed by atoms with E-state index in [1.165, 1.54) is 5.56 Å². The Labute approximate surface area is 158 Å². The first-order valence-electron chi connectivity index (χ1n) is 9.09. The van der Waals surface area contributed by atoms with E-state index in [9.17, 15) is 9.59 Å². The molecule has 0 radical (unpaired) electrons. The average molecular weight is 368 g/mol. The van der Waals surface area contributed by atoms with E-state index in [0.717, 1.165) is 18.7 Å². The van der Waals surface area contributed by atoms with Crippen molar-refractivity contribution in [2.45, 2.75) is 25.5 Å². The number of carbonyl (C=O) groups is 2. The number of carbonyl (C=O) groups excluding carboxylic acids is 1. The first-order valence-corrected chi connectivity index (χ1v) is 9.09. The summed E-state index contributed by atoms with van der Waals surface area (Å²) in [5, 5.41) is 11.7. The van der Waals surface area contributed by atoms with Gasteiger partial charge in [0.15, 0.2) is 0 Å². The number of anilines is 1. The second-order valence-electron chi connectivity index (χ2n) is 6.66. The van der Waals surface area contributed by atoms with Gasteiger partial charge in [-0.1, -0.05) is 42.5 Å². The fourth-order valence-electron chi connectivity index (χ4n) is 3.13. The summed E-state index contributed by atoms with van der Waals surface area (Å²) in [4.78, 5) is 25.5. The van der Waals surface area contributed by atoms with Gasteiger partial charge in [0.05, 0.1) is 6.61 Å². The molecule has 2 aromatic rings. The summed E-state index contributed by atoms with van der Waals surface area (Å²) in [5.74, 6) is -1.01. The largest absolute Gasteiger partial charge is 0.481 e. The lowest BCUT2D eigenvalue weighted by Crippen LogP contribution is -2.47. The molecule has 2 N–H and O–H groups in total. The molecular weight excluding hydrogens is 344 g/mol. The summed E-state index contributed by atoms with van der Waals surface area (Å²) in [5.41, 5.74) is 2.75. The van der Waals surface area contributed by atoms with Crippen molar-refractivity contribution < 1.29 is 19.4 Å². The SMILES string of the molecule is O=C(O)CCc1cccc(NC(=O)C2CN(Cc3ccccc3)CCO2)c1. The highest BCUT2D eigenvalue weighted by atomic mass is 16.5. The Bertz CT molecular complexity index is 779. The molecule has 1 heterocycles. The summed E-state index contributed by atoms with van der Waals surface area (Å²) >= 11 is 0. The van der Waals surface area contributed by atoms with Crippen LogP contribution in [0.1, 0.15) is 17.5 Å². The first-order chi connectivity index (χ1) is 13.1. The lowest BCUT2D eigenvalue weighted by molar-refractivity contribution is -0.137. The van der Waals surface area contributed by atoms with Crippen LogP contribution in [-0.4, -0.2) is 47.7 Å². The summed E-state index contributed by atoms with van der Waals surface area (Å²) in [7, 11) is 0. The van der Waals surface area contributed by atoms with E-state index in [2.05, 4.69) is 22.3 Å². The number of nitrogens with zero attached hydrogens (tertiary/aromatic N) is 1. The number of nitrogens with one attached hydrogen (secondary N) is 1. The second kappa shape index (κ2) is 9.30. The maximum atomic E-state index is 12.6. The van der Waals surface area contributed by atoms with E-state index < -0.39 is 12.1 Å². The molecule has 1 fully saturated rings. The van der Waals surface area contributed by atoms with E-state index >= 15 is 0 Å². The third-order valence-corrected chi connectivity index (χ3v) is 4.51. The molecular formula is C21H24N2O4. The van der Waals surface area contributed by atoms with E-state index in [4.69, 9.17) is 9.84 Å². The zero-order valence-corrected chi connectivity index (χ0v) is 15.1. The van der Waals surface area contributed by atoms with Gasteiger partial charge in [-0.25, -0.2) is 0 Å². The van der Waals surface area contributed by atoms with Crippen LogP contribution in [0.15, 0.2) is 54.6 Å². The lowest BCUT2D eigenvalue weighted by Gasteiger charge is -2.32. The highest BCUT2D eigenvalue weighted by molar-refractivity contribution is 5.94. The Morgan fingerprint density at radius 1 is 1.11 bits per heavy atom. The molecule has 0 aromatic heterocycles. The van der Waals surface area contributed by atoms with Crippen molar-refractivity contribution in [2.24, 2.45) is 0 Å². The van der Waals surface area contributed by atoms with Crippen LogP contribution < -0.4 is 5.32 Å². The number of carboxylic acid groups (broad SMARTS) is 1.